The molecule has 126 valence electrons. The number of hydrogen-bond acceptors (Lipinski definition) is 4. The third-order valence-electron chi connectivity index (χ3n) is 3.50. The molecule has 0 spiro atoms. The fourth-order valence-electron chi connectivity index (χ4n) is 2.08. The summed E-state index contributed by atoms with van der Waals surface area (Å²) in [6, 6.07) is 6.61. The second kappa shape index (κ2) is 8.50. The number of fused-ring (bicyclic) bond motifs is 1. The van der Waals surface area contributed by atoms with Crippen LogP contribution in [-0.4, -0.2) is 28.8 Å². The van der Waals surface area contributed by atoms with Gasteiger partial charge in [0.2, 0.25) is 5.91 Å². The largest absolute Gasteiger partial charge is 0.356 e. The first-order valence-corrected chi connectivity index (χ1v) is 7.21. The van der Waals surface area contributed by atoms with Gasteiger partial charge < -0.3 is 11.1 Å². The molecule has 0 aliphatic rings. The van der Waals surface area contributed by atoms with Crippen molar-refractivity contribution in [3.8, 4) is 0 Å². The SMILES string of the molecule is CC(CN)CNC(=O)CCn1[nH]c(=O)c2ccccc2c1=O.Cl. The van der Waals surface area contributed by atoms with Crippen molar-refractivity contribution < 1.29 is 4.79 Å². The summed E-state index contributed by atoms with van der Waals surface area (Å²) >= 11 is 0. The molecular weight excluding hydrogens is 320 g/mol. The maximum absolute atomic E-state index is 12.3. The highest BCUT2D eigenvalue weighted by molar-refractivity contribution is 5.85. The van der Waals surface area contributed by atoms with E-state index in [0.29, 0.717) is 23.9 Å². The van der Waals surface area contributed by atoms with E-state index in [2.05, 4.69) is 10.4 Å². The van der Waals surface area contributed by atoms with Gasteiger partial charge in [0.1, 0.15) is 0 Å². The van der Waals surface area contributed by atoms with Crippen LogP contribution in [0.15, 0.2) is 33.9 Å². The third kappa shape index (κ3) is 4.67. The second-order valence-corrected chi connectivity index (χ2v) is 5.34. The molecule has 1 heterocycles. The van der Waals surface area contributed by atoms with Gasteiger partial charge in [0.25, 0.3) is 11.1 Å². The molecule has 1 aromatic carbocycles. The zero-order valence-corrected chi connectivity index (χ0v) is 13.7. The zero-order chi connectivity index (χ0) is 16.1. The summed E-state index contributed by atoms with van der Waals surface area (Å²) in [4.78, 5) is 35.9. The van der Waals surface area contributed by atoms with Gasteiger partial charge in [0, 0.05) is 13.0 Å². The normalized spacial score (nSPS) is 11.7. The van der Waals surface area contributed by atoms with Crippen molar-refractivity contribution in [1.82, 2.24) is 15.1 Å². The molecule has 7 nitrogen and oxygen atoms in total. The number of H-pyrrole nitrogens is 1. The van der Waals surface area contributed by atoms with E-state index in [4.69, 9.17) is 5.73 Å². The Labute approximate surface area is 139 Å². The average molecular weight is 341 g/mol. The Hall–Kier alpha value is -2.12. The highest BCUT2D eigenvalue weighted by Crippen LogP contribution is 2.02. The molecule has 1 aromatic heterocycles. The molecule has 4 N–H and O–H groups in total. The topological polar surface area (TPSA) is 110 Å². The van der Waals surface area contributed by atoms with Gasteiger partial charge in [-0.3, -0.25) is 19.5 Å². The Kier molecular flexibility index (Phi) is 6.99. The molecule has 1 atom stereocenters. The predicted molar refractivity (Wildman–Crippen MR) is 91.9 cm³/mol. The van der Waals surface area contributed by atoms with E-state index in [1.165, 1.54) is 4.68 Å². The number of carbonyl (C=O) groups is 1. The lowest BCUT2D eigenvalue weighted by molar-refractivity contribution is -0.121. The predicted octanol–water partition coefficient (Wildman–Crippen LogP) is 0.213. The average Bonchev–Trinajstić information content (AvgIpc) is 2.54. The van der Waals surface area contributed by atoms with Crippen LogP contribution in [0.2, 0.25) is 0 Å². The van der Waals surface area contributed by atoms with E-state index in [-0.39, 0.29) is 48.3 Å². The number of amides is 1. The number of halogens is 1. The van der Waals surface area contributed by atoms with Crippen LogP contribution in [0.3, 0.4) is 0 Å². The number of aryl methyl sites for hydroxylation is 1. The molecule has 0 fully saturated rings. The van der Waals surface area contributed by atoms with E-state index in [9.17, 15) is 14.4 Å². The molecule has 1 amide bonds. The first-order chi connectivity index (χ1) is 10.5. The first-order valence-electron chi connectivity index (χ1n) is 7.21. The maximum Gasteiger partial charge on any atom is 0.273 e. The number of benzene rings is 1. The van der Waals surface area contributed by atoms with Gasteiger partial charge in [-0.15, -0.1) is 12.4 Å². The molecular formula is C15H21ClN4O3. The number of hydrogen-bond donors (Lipinski definition) is 3. The molecule has 2 rings (SSSR count). The highest BCUT2D eigenvalue weighted by Gasteiger charge is 2.09. The van der Waals surface area contributed by atoms with Crippen molar-refractivity contribution in [2.24, 2.45) is 11.7 Å². The van der Waals surface area contributed by atoms with Gasteiger partial charge in [0.05, 0.1) is 17.3 Å². The number of nitrogens with one attached hydrogen (secondary N) is 2. The van der Waals surface area contributed by atoms with E-state index in [0.717, 1.165) is 0 Å². The molecule has 2 aromatic rings. The second-order valence-electron chi connectivity index (χ2n) is 5.34. The van der Waals surface area contributed by atoms with Crippen molar-refractivity contribution in [3.05, 3.63) is 45.0 Å². The lowest BCUT2D eigenvalue weighted by Gasteiger charge is -2.11. The van der Waals surface area contributed by atoms with Crippen molar-refractivity contribution in [2.75, 3.05) is 13.1 Å². The molecule has 0 radical (unpaired) electrons. The van der Waals surface area contributed by atoms with Crippen molar-refractivity contribution in [1.29, 1.82) is 0 Å². The third-order valence-corrected chi connectivity index (χ3v) is 3.50. The fourth-order valence-corrected chi connectivity index (χ4v) is 2.08. The van der Waals surface area contributed by atoms with Crippen LogP contribution in [0, 0.1) is 5.92 Å². The Morgan fingerprint density at radius 3 is 2.61 bits per heavy atom. The summed E-state index contributed by atoms with van der Waals surface area (Å²) in [5.74, 6) is 0.0216. The smallest absolute Gasteiger partial charge is 0.273 e. The van der Waals surface area contributed by atoms with Crippen LogP contribution in [-0.2, 0) is 11.3 Å². The molecule has 8 heteroatoms. The van der Waals surface area contributed by atoms with Gasteiger partial charge in [-0.25, -0.2) is 4.68 Å². The van der Waals surface area contributed by atoms with E-state index < -0.39 is 0 Å². The lowest BCUT2D eigenvalue weighted by Crippen LogP contribution is -2.34. The molecule has 1 unspecified atom stereocenters. The number of aromatic nitrogens is 2. The Morgan fingerprint density at radius 2 is 1.96 bits per heavy atom. The van der Waals surface area contributed by atoms with Crippen molar-refractivity contribution in [2.45, 2.75) is 19.9 Å². The van der Waals surface area contributed by atoms with E-state index >= 15 is 0 Å². The summed E-state index contributed by atoms with van der Waals surface area (Å²) in [6.45, 7) is 3.06. The number of nitrogens with two attached hydrogens (primary N) is 1. The number of nitrogens with zero attached hydrogens (tertiary/aromatic N) is 1. The van der Waals surface area contributed by atoms with Gasteiger partial charge >= 0.3 is 0 Å². The molecule has 0 bridgehead atoms. The fraction of sp³-hybridized carbons (Fsp3) is 0.400. The standard InChI is InChI=1S/C15H20N4O3.ClH/c1-10(8-16)9-17-13(20)6-7-19-15(22)12-5-3-2-4-11(12)14(21)18-19;/h2-5,10H,6-9,16H2,1H3,(H,17,20)(H,18,21);1H. The van der Waals surface area contributed by atoms with Crippen molar-refractivity contribution in [3.63, 3.8) is 0 Å². The Morgan fingerprint density at radius 1 is 1.30 bits per heavy atom. The zero-order valence-electron chi connectivity index (χ0n) is 12.9. The lowest BCUT2D eigenvalue weighted by atomic mass is 10.2. The number of rotatable bonds is 6. The molecule has 0 aliphatic heterocycles. The molecule has 0 saturated heterocycles. The van der Waals surface area contributed by atoms with Crippen LogP contribution in [0.25, 0.3) is 10.8 Å². The summed E-state index contributed by atoms with van der Waals surface area (Å²) in [6.07, 6.45) is 0.117. The van der Waals surface area contributed by atoms with Crippen LogP contribution in [0.5, 0.6) is 0 Å². The van der Waals surface area contributed by atoms with Gasteiger partial charge in [-0.2, -0.15) is 0 Å². The first kappa shape index (κ1) is 18.9. The molecule has 0 aliphatic carbocycles. The van der Waals surface area contributed by atoms with Gasteiger partial charge in [-0.05, 0) is 24.6 Å². The van der Waals surface area contributed by atoms with Gasteiger partial charge in [-0.1, -0.05) is 19.1 Å². The highest BCUT2D eigenvalue weighted by atomic mass is 35.5. The Bertz CT molecular complexity index is 784. The minimum absolute atomic E-state index is 0. The maximum atomic E-state index is 12.3. The molecule has 0 saturated carbocycles. The Balaban J connectivity index is 0.00000264. The summed E-state index contributed by atoms with van der Waals surface area (Å²) < 4.78 is 1.18. The minimum atomic E-state index is -0.340. The van der Waals surface area contributed by atoms with Gasteiger partial charge in [0.15, 0.2) is 0 Å². The minimum Gasteiger partial charge on any atom is -0.356 e. The van der Waals surface area contributed by atoms with E-state index in [1.807, 2.05) is 6.92 Å². The van der Waals surface area contributed by atoms with Crippen LogP contribution >= 0.6 is 12.4 Å². The summed E-state index contributed by atoms with van der Waals surface area (Å²) in [5, 5.41) is 5.95. The molecule has 23 heavy (non-hydrogen) atoms. The summed E-state index contributed by atoms with van der Waals surface area (Å²) in [5.41, 5.74) is 4.83. The van der Waals surface area contributed by atoms with Crippen molar-refractivity contribution >= 4 is 29.1 Å². The van der Waals surface area contributed by atoms with Crippen LogP contribution < -0.4 is 22.2 Å². The quantitative estimate of drug-likeness (QED) is 0.698. The van der Waals surface area contributed by atoms with E-state index in [1.54, 1.807) is 24.3 Å². The van der Waals surface area contributed by atoms with Crippen LogP contribution in [0.4, 0.5) is 0 Å². The van der Waals surface area contributed by atoms with Crippen LogP contribution in [0.1, 0.15) is 13.3 Å². The monoisotopic (exact) mass is 340 g/mol. The number of carbonyl (C=O) groups excluding carboxylic acids is 1. The number of aromatic amines is 1. The summed E-state index contributed by atoms with van der Waals surface area (Å²) in [7, 11) is 0.